The van der Waals surface area contributed by atoms with Gasteiger partial charge in [0.2, 0.25) is 0 Å². The average molecular weight is 1540 g/mol. The van der Waals surface area contributed by atoms with Crippen molar-refractivity contribution in [1.82, 2.24) is 0 Å². The van der Waals surface area contributed by atoms with Crippen molar-refractivity contribution in [2.75, 3.05) is 79.8 Å². The van der Waals surface area contributed by atoms with E-state index in [2.05, 4.69) is 364 Å². The quantitative estimate of drug-likeness (QED) is 0.0144. The van der Waals surface area contributed by atoms with E-state index in [9.17, 15) is 15.3 Å². The molecule has 0 aromatic heterocycles. The lowest BCUT2D eigenvalue weighted by Crippen LogP contribution is -2.23. The molecule has 0 saturated heterocycles. The number of para-hydroxylation sites is 3. The summed E-state index contributed by atoms with van der Waals surface area (Å²) >= 11 is 5.60. The molecule has 0 aliphatic rings. The summed E-state index contributed by atoms with van der Waals surface area (Å²) in [4.78, 5) is 8.41. The van der Waals surface area contributed by atoms with Gasteiger partial charge in [-0.15, -0.1) is 35.3 Å². The average Bonchev–Trinajstić information content (AvgIpc) is 0.862. The molecule has 0 heterocycles. The summed E-state index contributed by atoms with van der Waals surface area (Å²) in [6.45, 7) is 34.0. The Bertz CT molecular complexity index is 4730. The summed E-state index contributed by atoms with van der Waals surface area (Å²) in [7, 11) is 0. The highest BCUT2D eigenvalue weighted by molar-refractivity contribution is 7.99. The maximum absolute atomic E-state index is 12.2. The number of benzene rings is 11. The van der Waals surface area contributed by atoms with E-state index >= 15 is 0 Å². The lowest BCUT2D eigenvalue weighted by Gasteiger charge is -2.31. The van der Waals surface area contributed by atoms with Gasteiger partial charge in [-0.2, -0.15) is 0 Å². The van der Waals surface area contributed by atoms with E-state index in [1.807, 2.05) is 53.5 Å². The van der Waals surface area contributed by atoms with Crippen LogP contribution in [0, 0.1) is 0 Å². The number of hydrogen-bond donors (Lipinski definition) is 8. The van der Waals surface area contributed by atoms with E-state index in [0.29, 0.717) is 17.2 Å². The summed E-state index contributed by atoms with van der Waals surface area (Å²) in [5.74, 6) is 4.07. The van der Waals surface area contributed by atoms with Crippen LogP contribution in [0.1, 0.15) is 162 Å². The minimum atomic E-state index is -0.365. The number of phenolic OH excluding ortho intramolecular Hbond substituents is 3. The number of aromatic hydroxyl groups is 3. The van der Waals surface area contributed by atoms with Crippen LogP contribution < -0.4 is 36.4 Å². The lowest BCUT2D eigenvalue weighted by molar-refractivity contribution is 0.412. The highest BCUT2D eigenvalue weighted by atomic mass is 32.2. The zero-order chi connectivity index (χ0) is 78.9. The van der Waals surface area contributed by atoms with Crippen LogP contribution in [0.15, 0.2) is 263 Å². The highest BCUT2D eigenvalue weighted by Gasteiger charge is 2.31. The molecular formula is C98H117N7O3S3. The van der Waals surface area contributed by atoms with Crippen molar-refractivity contribution in [3.05, 3.63) is 288 Å². The van der Waals surface area contributed by atoms with E-state index in [1.54, 1.807) is 0 Å². The zero-order valence-corrected chi connectivity index (χ0v) is 70.3. The minimum Gasteiger partial charge on any atom is -0.507 e. The van der Waals surface area contributed by atoms with Crippen LogP contribution in [0.3, 0.4) is 0 Å². The van der Waals surface area contributed by atoms with Crippen LogP contribution in [-0.4, -0.2) is 58.8 Å². The number of nitrogens with zero attached hydrogens (tertiary/aromatic N) is 2. The van der Waals surface area contributed by atoms with Crippen molar-refractivity contribution in [2.24, 2.45) is 0 Å². The molecule has 0 spiro atoms. The first-order valence-corrected chi connectivity index (χ1v) is 42.5. The molecule has 8 N–H and O–H groups in total. The van der Waals surface area contributed by atoms with Crippen molar-refractivity contribution in [3.8, 4) is 17.2 Å². The van der Waals surface area contributed by atoms with Gasteiger partial charge in [0.05, 0.1) is 0 Å². The van der Waals surface area contributed by atoms with Gasteiger partial charge in [0.1, 0.15) is 17.2 Å². The van der Waals surface area contributed by atoms with Gasteiger partial charge >= 0.3 is 0 Å². The molecule has 580 valence electrons. The fourth-order valence-corrected chi connectivity index (χ4v) is 16.9. The summed E-state index contributed by atoms with van der Waals surface area (Å²) in [5.41, 5.74) is 19.0. The van der Waals surface area contributed by atoms with Crippen LogP contribution in [0.5, 0.6) is 17.2 Å². The van der Waals surface area contributed by atoms with Crippen LogP contribution in [0.2, 0.25) is 0 Å². The fraction of sp³-hybridized carbons (Fsp3) is 0.327. The first-order chi connectivity index (χ1) is 53.0. The normalized spacial score (nSPS) is 12.0. The van der Waals surface area contributed by atoms with Crippen molar-refractivity contribution in [3.63, 3.8) is 0 Å². The second-order valence-corrected chi connectivity index (χ2v) is 37.5. The molecule has 11 rings (SSSR count). The second kappa shape index (κ2) is 37.2. The van der Waals surface area contributed by atoms with Crippen LogP contribution in [0.4, 0.5) is 68.2 Å². The molecule has 0 radical (unpaired) electrons. The summed E-state index contributed by atoms with van der Waals surface area (Å²) in [6, 6.07) is 88.0. The van der Waals surface area contributed by atoms with Crippen LogP contribution in [-0.2, 0) is 39.9 Å². The molecule has 0 atom stereocenters. The Kier molecular flexibility index (Phi) is 27.6. The zero-order valence-electron chi connectivity index (χ0n) is 67.8. The third-order valence-corrected chi connectivity index (χ3v) is 23.4. The number of phenols is 3. The van der Waals surface area contributed by atoms with E-state index < -0.39 is 0 Å². The first kappa shape index (κ1) is 82.4. The van der Waals surface area contributed by atoms with E-state index in [-0.39, 0.29) is 27.1 Å². The van der Waals surface area contributed by atoms with E-state index in [1.165, 1.54) is 25.9 Å². The molecule has 0 fully saturated rings. The third-order valence-electron chi connectivity index (χ3n) is 20.3. The molecule has 0 saturated carbocycles. The Morgan fingerprint density at radius 3 is 0.991 bits per heavy atom. The van der Waals surface area contributed by atoms with E-state index in [4.69, 9.17) is 0 Å². The number of hydrogen-bond acceptors (Lipinski definition) is 13. The smallest absolute Gasteiger partial charge is 0.123 e. The van der Waals surface area contributed by atoms with Gasteiger partial charge < -0.3 is 51.7 Å². The number of anilines is 12. The Morgan fingerprint density at radius 2 is 0.595 bits per heavy atom. The van der Waals surface area contributed by atoms with Crippen molar-refractivity contribution >= 4 is 104 Å². The summed E-state index contributed by atoms with van der Waals surface area (Å²) in [5, 5.41) is 53.0. The molecule has 13 heteroatoms. The molecule has 111 heavy (non-hydrogen) atoms. The highest BCUT2D eigenvalue weighted by Crippen LogP contribution is 2.46. The van der Waals surface area contributed by atoms with Gasteiger partial charge in [-0.05, 0) is 276 Å². The molecule has 0 unspecified atom stereocenters. The predicted molar refractivity (Wildman–Crippen MR) is 483 cm³/mol. The Hall–Kier alpha value is -9.53. The SMILES string of the molecule is CC(C)(C)c1cc(SCCCNc2ccc(Nc3ccccc3)cc2)cc(CCCNc2ccc(Nc3ccc(CC(C)(C)c4cc(SCCCN(c5ccccc5)c5ccc(Nc6ccc(N(CCCSc7cc(C(C)(C)C)c(O)c(C(C)(C)C)c7)c7ccccc7)cc6)cc5)cc(C(C)(C)C)c4O)cc3)cc2)c1O. The molecule has 11 aromatic carbocycles. The Balaban J connectivity index is 0.648. The Morgan fingerprint density at radius 1 is 0.297 bits per heavy atom. The molecule has 0 amide bonds. The number of thioether (sulfide) groups is 3. The minimum absolute atomic E-state index is 0.167. The van der Waals surface area contributed by atoms with Crippen LogP contribution >= 0.6 is 35.3 Å². The van der Waals surface area contributed by atoms with Crippen molar-refractivity contribution < 1.29 is 15.3 Å². The topological polar surface area (TPSA) is 127 Å². The monoisotopic (exact) mass is 1540 g/mol. The van der Waals surface area contributed by atoms with Gasteiger partial charge in [-0.25, -0.2) is 0 Å². The Labute approximate surface area is 676 Å². The standard InChI is InChI=1S/C98H117N7O3S3/c1-94(2,3)86-63-83(109-59-25-56-100-72-41-43-75(44-42-72)101-73-29-18-15-19-30-73)62-70(91(86)106)28-24-55-99-71-39-45-76(46-40-71)102-74-37-35-69(36-38-74)68-98(13,14)90-67-85(66-89(93(90)108)97(10,11)12)111-61-27-58-105(80-33-22-17-23-34-80)82-53-49-78(50-54-82)103-77-47-51-81(52-48-77)104(79-31-20-16-21-32-79)57-26-60-110-84-64-87(95(4,5)6)92(107)88(65-84)96(7,8)9/h15-23,29-54,62-67,99-103,106-108H,24-28,55-61,68H2,1-14H3. The molecule has 11 aromatic rings. The van der Waals surface area contributed by atoms with Gasteiger partial charge in [0, 0.05) is 137 Å². The molecule has 0 aliphatic carbocycles. The molecule has 0 bridgehead atoms. The lowest BCUT2D eigenvalue weighted by atomic mass is 9.75. The molecular weight excluding hydrogens is 1420 g/mol. The number of nitrogens with one attached hydrogen (secondary N) is 5. The van der Waals surface area contributed by atoms with Gasteiger partial charge in [-0.3, -0.25) is 0 Å². The fourth-order valence-electron chi connectivity index (χ4n) is 14.1. The number of rotatable bonds is 34. The predicted octanol–water partition coefficient (Wildman–Crippen LogP) is 27.0. The summed E-state index contributed by atoms with van der Waals surface area (Å²) in [6.07, 6.45) is 5.35. The van der Waals surface area contributed by atoms with Crippen molar-refractivity contribution in [2.45, 2.75) is 177 Å². The van der Waals surface area contributed by atoms with Gasteiger partial charge in [0.15, 0.2) is 0 Å². The molecule has 10 nitrogen and oxygen atoms in total. The second-order valence-electron chi connectivity index (χ2n) is 34.0. The largest absolute Gasteiger partial charge is 0.507 e. The number of aryl methyl sites for hydroxylation is 1. The van der Waals surface area contributed by atoms with E-state index in [0.717, 1.165) is 178 Å². The van der Waals surface area contributed by atoms with Crippen LogP contribution in [0.25, 0.3) is 0 Å². The maximum Gasteiger partial charge on any atom is 0.123 e. The third kappa shape index (κ3) is 23.3. The first-order valence-electron chi connectivity index (χ1n) is 39.5. The molecule has 0 aliphatic heterocycles. The van der Waals surface area contributed by atoms with Gasteiger partial charge in [-0.1, -0.05) is 164 Å². The maximum atomic E-state index is 12.2. The van der Waals surface area contributed by atoms with Gasteiger partial charge in [0.25, 0.3) is 0 Å². The van der Waals surface area contributed by atoms with Crippen molar-refractivity contribution in [1.29, 1.82) is 0 Å². The summed E-state index contributed by atoms with van der Waals surface area (Å²) < 4.78 is 0.